The highest BCUT2D eigenvalue weighted by Gasteiger charge is 2.35. The maximum absolute atomic E-state index is 12.3. The standard InChI is InChI=1S/C15H21NO4S/c1-4-10(2)12-5-7-13(8-6-12)21(18,19)16-14-9-11(3)20-15(14)17/h5-8,10-11,14,16H,4,9H2,1-3H3/t10-,11+,14-/m0/s1. The van der Waals surface area contributed by atoms with E-state index in [9.17, 15) is 13.2 Å². The zero-order valence-corrected chi connectivity index (χ0v) is 13.3. The minimum Gasteiger partial charge on any atom is -0.461 e. The molecule has 5 nitrogen and oxygen atoms in total. The van der Waals surface area contributed by atoms with Gasteiger partial charge in [0.15, 0.2) is 0 Å². The van der Waals surface area contributed by atoms with Crippen molar-refractivity contribution in [3.63, 3.8) is 0 Å². The van der Waals surface area contributed by atoms with Crippen LogP contribution in [0, 0.1) is 0 Å². The summed E-state index contributed by atoms with van der Waals surface area (Å²) in [4.78, 5) is 11.7. The maximum atomic E-state index is 12.3. The second kappa shape index (κ2) is 6.15. The lowest BCUT2D eigenvalue weighted by molar-refractivity contribution is -0.142. The van der Waals surface area contributed by atoms with Gasteiger partial charge in [0.2, 0.25) is 10.0 Å². The Labute approximate surface area is 125 Å². The van der Waals surface area contributed by atoms with E-state index in [4.69, 9.17) is 4.74 Å². The summed E-state index contributed by atoms with van der Waals surface area (Å²) in [5.74, 6) is -0.123. The molecule has 3 atom stereocenters. The molecule has 0 radical (unpaired) electrons. The summed E-state index contributed by atoms with van der Waals surface area (Å²) < 4.78 is 31.9. The third-order valence-corrected chi connectivity index (χ3v) is 5.33. The summed E-state index contributed by atoms with van der Waals surface area (Å²) in [6, 6.07) is 6.00. The number of nitrogens with one attached hydrogen (secondary N) is 1. The van der Waals surface area contributed by atoms with E-state index in [-0.39, 0.29) is 11.0 Å². The molecule has 0 bridgehead atoms. The van der Waals surface area contributed by atoms with Crippen LogP contribution in [0.3, 0.4) is 0 Å². The zero-order chi connectivity index (χ0) is 15.6. The normalized spacial score (nSPS) is 23.9. The van der Waals surface area contributed by atoms with E-state index in [0.29, 0.717) is 12.3 Å². The first kappa shape index (κ1) is 16.0. The molecular weight excluding hydrogens is 290 g/mol. The van der Waals surface area contributed by atoms with Crippen LogP contribution >= 0.6 is 0 Å². The molecule has 116 valence electrons. The van der Waals surface area contributed by atoms with Gasteiger partial charge in [-0.05, 0) is 37.0 Å². The molecular formula is C15H21NO4S. The van der Waals surface area contributed by atoms with E-state index in [1.54, 1.807) is 19.1 Å². The van der Waals surface area contributed by atoms with Gasteiger partial charge in [-0.2, -0.15) is 4.72 Å². The molecule has 0 spiro atoms. The number of ether oxygens (including phenoxy) is 1. The average molecular weight is 311 g/mol. The van der Waals surface area contributed by atoms with E-state index in [0.717, 1.165) is 12.0 Å². The van der Waals surface area contributed by atoms with Crippen molar-refractivity contribution >= 4 is 16.0 Å². The van der Waals surface area contributed by atoms with Crippen LogP contribution in [-0.2, 0) is 19.6 Å². The van der Waals surface area contributed by atoms with Crippen LogP contribution in [0.1, 0.15) is 45.1 Å². The van der Waals surface area contributed by atoms with Gasteiger partial charge >= 0.3 is 5.97 Å². The molecule has 1 saturated heterocycles. The van der Waals surface area contributed by atoms with Gasteiger partial charge in [0, 0.05) is 6.42 Å². The Hall–Kier alpha value is -1.40. The quantitative estimate of drug-likeness (QED) is 0.846. The first-order chi connectivity index (χ1) is 9.83. The average Bonchev–Trinajstić information content (AvgIpc) is 2.75. The van der Waals surface area contributed by atoms with Crippen LogP contribution in [0.5, 0.6) is 0 Å². The van der Waals surface area contributed by atoms with Crippen molar-refractivity contribution in [2.75, 3.05) is 0 Å². The predicted octanol–water partition coefficient (Wildman–Crippen LogP) is 2.18. The van der Waals surface area contributed by atoms with Gasteiger partial charge in [-0.1, -0.05) is 26.0 Å². The molecule has 0 saturated carbocycles. The van der Waals surface area contributed by atoms with Crippen LogP contribution in [-0.4, -0.2) is 26.5 Å². The lowest BCUT2D eigenvalue weighted by Crippen LogP contribution is -2.37. The molecule has 1 N–H and O–H groups in total. The van der Waals surface area contributed by atoms with Crippen molar-refractivity contribution < 1.29 is 17.9 Å². The third-order valence-electron chi connectivity index (χ3n) is 3.84. The van der Waals surface area contributed by atoms with Crippen LogP contribution in [0.15, 0.2) is 29.2 Å². The lowest BCUT2D eigenvalue weighted by atomic mass is 9.99. The number of carbonyl (C=O) groups is 1. The Morgan fingerprint density at radius 3 is 2.43 bits per heavy atom. The number of carbonyl (C=O) groups excluding carboxylic acids is 1. The molecule has 6 heteroatoms. The molecule has 1 aliphatic rings. The summed E-state index contributed by atoms with van der Waals surface area (Å²) in [6.45, 7) is 5.93. The third kappa shape index (κ3) is 3.63. The van der Waals surface area contributed by atoms with Crippen LogP contribution < -0.4 is 4.72 Å². The van der Waals surface area contributed by atoms with Gasteiger partial charge in [0.25, 0.3) is 0 Å². The van der Waals surface area contributed by atoms with E-state index in [2.05, 4.69) is 18.6 Å². The monoisotopic (exact) mass is 311 g/mol. The number of cyclic esters (lactones) is 1. The van der Waals surface area contributed by atoms with Crippen LogP contribution in [0.25, 0.3) is 0 Å². The van der Waals surface area contributed by atoms with Crippen molar-refractivity contribution in [3.05, 3.63) is 29.8 Å². The van der Waals surface area contributed by atoms with Gasteiger partial charge in [0.05, 0.1) is 4.90 Å². The summed E-state index contributed by atoms with van der Waals surface area (Å²) in [6.07, 6.45) is 1.11. The molecule has 2 rings (SSSR count). The predicted molar refractivity (Wildman–Crippen MR) is 79.4 cm³/mol. The van der Waals surface area contributed by atoms with Gasteiger partial charge < -0.3 is 4.74 Å². The highest BCUT2D eigenvalue weighted by molar-refractivity contribution is 7.89. The maximum Gasteiger partial charge on any atom is 0.324 e. The van der Waals surface area contributed by atoms with Crippen molar-refractivity contribution in [2.45, 2.75) is 56.6 Å². The fourth-order valence-electron chi connectivity index (χ4n) is 2.32. The fraction of sp³-hybridized carbons (Fsp3) is 0.533. The number of hydrogen-bond donors (Lipinski definition) is 1. The van der Waals surface area contributed by atoms with E-state index in [1.165, 1.54) is 0 Å². The fourth-order valence-corrected chi connectivity index (χ4v) is 3.52. The number of hydrogen-bond acceptors (Lipinski definition) is 4. The van der Waals surface area contributed by atoms with Crippen molar-refractivity contribution in [2.24, 2.45) is 0 Å². The summed E-state index contributed by atoms with van der Waals surface area (Å²) in [5, 5.41) is 0. The van der Waals surface area contributed by atoms with E-state index < -0.39 is 22.0 Å². The SMILES string of the molecule is CC[C@H](C)c1ccc(S(=O)(=O)N[C@H]2C[C@@H](C)OC2=O)cc1. The Morgan fingerprint density at radius 1 is 1.33 bits per heavy atom. The molecule has 0 aliphatic carbocycles. The van der Waals surface area contributed by atoms with Gasteiger partial charge in [-0.15, -0.1) is 0 Å². The summed E-state index contributed by atoms with van der Waals surface area (Å²) in [5.41, 5.74) is 1.10. The topological polar surface area (TPSA) is 72.5 Å². The van der Waals surface area contributed by atoms with E-state index >= 15 is 0 Å². The molecule has 0 amide bonds. The summed E-state index contributed by atoms with van der Waals surface area (Å²) >= 11 is 0. The largest absolute Gasteiger partial charge is 0.461 e. The number of rotatable bonds is 5. The first-order valence-corrected chi connectivity index (χ1v) is 8.64. The molecule has 1 heterocycles. The number of benzene rings is 1. The zero-order valence-electron chi connectivity index (χ0n) is 12.5. The van der Waals surface area contributed by atoms with Gasteiger partial charge in [-0.3, -0.25) is 4.79 Å². The molecule has 1 aliphatic heterocycles. The summed E-state index contributed by atoms with van der Waals surface area (Å²) in [7, 11) is -3.70. The Bertz CT molecular complexity index is 609. The highest BCUT2D eigenvalue weighted by atomic mass is 32.2. The Balaban J connectivity index is 2.14. The molecule has 0 aromatic heterocycles. The Morgan fingerprint density at radius 2 is 1.95 bits per heavy atom. The number of sulfonamides is 1. The molecule has 1 fully saturated rings. The van der Waals surface area contributed by atoms with Crippen molar-refractivity contribution in [1.29, 1.82) is 0 Å². The highest BCUT2D eigenvalue weighted by Crippen LogP contribution is 2.21. The van der Waals surface area contributed by atoms with Gasteiger partial charge in [-0.25, -0.2) is 8.42 Å². The minimum absolute atomic E-state index is 0.168. The van der Waals surface area contributed by atoms with Crippen molar-refractivity contribution in [1.82, 2.24) is 4.72 Å². The van der Waals surface area contributed by atoms with Crippen LogP contribution in [0.2, 0.25) is 0 Å². The first-order valence-electron chi connectivity index (χ1n) is 7.16. The van der Waals surface area contributed by atoms with Gasteiger partial charge in [0.1, 0.15) is 12.1 Å². The molecule has 1 aromatic carbocycles. The smallest absolute Gasteiger partial charge is 0.324 e. The molecule has 0 unspecified atom stereocenters. The number of esters is 1. The molecule has 1 aromatic rings. The van der Waals surface area contributed by atoms with E-state index in [1.807, 2.05) is 12.1 Å². The second-order valence-electron chi connectivity index (χ2n) is 5.54. The minimum atomic E-state index is -3.70. The molecule has 21 heavy (non-hydrogen) atoms. The lowest BCUT2D eigenvalue weighted by Gasteiger charge is -2.12. The Kier molecular flexibility index (Phi) is 4.68. The second-order valence-corrected chi connectivity index (χ2v) is 7.25. The van der Waals surface area contributed by atoms with Crippen molar-refractivity contribution in [3.8, 4) is 0 Å². The van der Waals surface area contributed by atoms with Crippen LogP contribution in [0.4, 0.5) is 0 Å².